The first-order chi connectivity index (χ1) is 8.21. The summed E-state index contributed by atoms with van der Waals surface area (Å²) in [5.74, 6) is 1.03. The number of fused-ring (bicyclic) bond motifs is 1. The molecule has 0 saturated heterocycles. The molecule has 1 amide bonds. The lowest BCUT2D eigenvalue weighted by atomic mass is 9.94. The van der Waals surface area contributed by atoms with E-state index in [9.17, 15) is 4.79 Å². The molecule has 0 radical (unpaired) electrons. The van der Waals surface area contributed by atoms with Gasteiger partial charge in [0.2, 0.25) is 5.91 Å². The minimum Gasteiger partial charge on any atom is -0.376 e. The highest BCUT2D eigenvalue weighted by molar-refractivity contribution is 5.90. The molecule has 3 heteroatoms. The summed E-state index contributed by atoms with van der Waals surface area (Å²) in [6, 6.07) is 0. The maximum absolute atomic E-state index is 12.0. The summed E-state index contributed by atoms with van der Waals surface area (Å²) in [4.78, 5) is 12.0. The van der Waals surface area contributed by atoms with Gasteiger partial charge >= 0.3 is 0 Å². The molecule has 0 aromatic carbocycles. The van der Waals surface area contributed by atoms with E-state index in [2.05, 4.69) is 5.32 Å². The average Bonchev–Trinajstić information content (AvgIpc) is 3.16. The van der Waals surface area contributed by atoms with E-state index in [1.54, 1.807) is 7.11 Å². The van der Waals surface area contributed by atoms with E-state index < -0.39 is 0 Å². The number of hydrogen-bond donors (Lipinski definition) is 1. The largest absolute Gasteiger partial charge is 0.376 e. The first-order valence-electron chi connectivity index (χ1n) is 7.04. The summed E-state index contributed by atoms with van der Waals surface area (Å²) in [7, 11) is 1.80. The van der Waals surface area contributed by atoms with Crippen LogP contribution in [0.25, 0.3) is 0 Å². The third-order valence-corrected chi connectivity index (χ3v) is 5.15. The number of rotatable bonds is 4. The number of ether oxygens (including phenoxy) is 1. The van der Waals surface area contributed by atoms with E-state index in [1.165, 1.54) is 25.7 Å². The molecule has 0 spiro atoms. The normalized spacial score (nSPS) is 37.8. The standard InChI is InChI=1S/C14H23NO2/c1-17-13(6-4-2-3-5-7-13)10-15-12(16)14-8-11(14)9-14/h11H,2-10H2,1H3,(H,15,16). The van der Waals surface area contributed by atoms with Gasteiger partial charge in [0.15, 0.2) is 0 Å². The van der Waals surface area contributed by atoms with Crippen molar-refractivity contribution in [3.05, 3.63) is 0 Å². The Morgan fingerprint density at radius 3 is 2.29 bits per heavy atom. The average molecular weight is 237 g/mol. The first kappa shape index (κ1) is 11.5. The second-order valence-corrected chi connectivity index (χ2v) is 6.25. The monoisotopic (exact) mass is 237 g/mol. The molecular formula is C14H23NO2. The van der Waals surface area contributed by atoms with Crippen LogP contribution in [0.5, 0.6) is 0 Å². The van der Waals surface area contributed by atoms with Gasteiger partial charge in [0.25, 0.3) is 0 Å². The van der Waals surface area contributed by atoms with Crippen LogP contribution in [0, 0.1) is 11.3 Å². The van der Waals surface area contributed by atoms with Gasteiger partial charge in [-0.15, -0.1) is 0 Å². The molecule has 3 nitrogen and oxygen atoms in total. The molecule has 0 bridgehead atoms. The van der Waals surface area contributed by atoms with Crippen LogP contribution in [0.1, 0.15) is 51.4 Å². The van der Waals surface area contributed by atoms with Crippen molar-refractivity contribution in [1.82, 2.24) is 5.32 Å². The van der Waals surface area contributed by atoms with Crippen LogP contribution >= 0.6 is 0 Å². The number of methoxy groups -OCH3 is 1. The second kappa shape index (κ2) is 3.98. The molecule has 3 saturated carbocycles. The van der Waals surface area contributed by atoms with Crippen LogP contribution in [0.2, 0.25) is 0 Å². The summed E-state index contributed by atoms with van der Waals surface area (Å²) < 4.78 is 5.74. The molecule has 3 aliphatic carbocycles. The van der Waals surface area contributed by atoms with Crippen LogP contribution < -0.4 is 5.32 Å². The molecule has 1 N–H and O–H groups in total. The van der Waals surface area contributed by atoms with Crippen LogP contribution in [-0.4, -0.2) is 25.2 Å². The van der Waals surface area contributed by atoms with Gasteiger partial charge in [0.1, 0.15) is 0 Å². The maximum atomic E-state index is 12.0. The summed E-state index contributed by atoms with van der Waals surface area (Å²) in [5, 5.41) is 3.15. The molecule has 0 heterocycles. The Balaban J connectivity index is 1.55. The van der Waals surface area contributed by atoms with Crippen molar-refractivity contribution < 1.29 is 9.53 Å². The lowest BCUT2D eigenvalue weighted by Gasteiger charge is -2.31. The molecule has 0 aromatic heterocycles. The minimum absolute atomic E-state index is 0.0813. The Morgan fingerprint density at radius 1 is 1.24 bits per heavy atom. The fourth-order valence-electron chi connectivity index (χ4n) is 3.32. The van der Waals surface area contributed by atoms with Gasteiger partial charge in [0.05, 0.1) is 11.0 Å². The Bertz CT molecular complexity index is 312. The third kappa shape index (κ3) is 1.99. The second-order valence-electron chi connectivity index (χ2n) is 6.25. The SMILES string of the molecule is COC1(CNC(=O)C23CC2C3)CCCCCC1. The third-order valence-electron chi connectivity index (χ3n) is 5.15. The predicted octanol–water partition coefficient (Wildman–Crippen LogP) is 2.25. The fraction of sp³-hybridized carbons (Fsp3) is 0.929. The van der Waals surface area contributed by atoms with Crippen molar-refractivity contribution in [2.45, 2.75) is 57.0 Å². The molecular weight excluding hydrogens is 214 g/mol. The van der Waals surface area contributed by atoms with Crippen LogP contribution in [0.3, 0.4) is 0 Å². The highest BCUT2D eigenvalue weighted by Crippen LogP contribution is 2.75. The lowest BCUT2D eigenvalue weighted by molar-refractivity contribution is -0.126. The molecule has 3 rings (SSSR count). The topological polar surface area (TPSA) is 38.3 Å². The van der Waals surface area contributed by atoms with Gasteiger partial charge in [-0.25, -0.2) is 0 Å². The fourth-order valence-corrected chi connectivity index (χ4v) is 3.32. The number of carbonyl (C=O) groups excluding carboxylic acids is 1. The van der Waals surface area contributed by atoms with E-state index in [-0.39, 0.29) is 11.0 Å². The van der Waals surface area contributed by atoms with E-state index in [0.717, 1.165) is 38.1 Å². The summed E-state index contributed by atoms with van der Waals surface area (Å²) in [6.45, 7) is 0.719. The zero-order valence-electron chi connectivity index (χ0n) is 10.8. The van der Waals surface area contributed by atoms with Crippen molar-refractivity contribution in [1.29, 1.82) is 0 Å². The van der Waals surface area contributed by atoms with E-state index in [0.29, 0.717) is 5.91 Å². The van der Waals surface area contributed by atoms with Gasteiger partial charge in [-0.1, -0.05) is 25.7 Å². The summed E-state index contributed by atoms with van der Waals surface area (Å²) in [6.07, 6.45) is 9.56. The Kier molecular flexibility index (Phi) is 2.69. The van der Waals surface area contributed by atoms with Gasteiger partial charge in [-0.05, 0) is 31.6 Å². The molecule has 3 fully saturated rings. The predicted molar refractivity (Wildman–Crippen MR) is 65.6 cm³/mol. The van der Waals surface area contributed by atoms with E-state index in [1.807, 2.05) is 0 Å². The highest BCUT2D eigenvalue weighted by atomic mass is 16.5. The van der Waals surface area contributed by atoms with Crippen LogP contribution in [-0.2, 0) is 9.53 Å². The maximum Gasteiger partial charge on any atom is 0.226 e. The number of carbonyl (C=O) groups is 1. The van der Waals surface area contributed by atoms with Crippen molar-refractivity contribution in [2.75, 3.05) is 13.7 Å². The van der Waals surface area contributed by atoms with Gasteiger partial charge in [-0.3, -0.25) is 4.79 Å². The molecule has 0 aromatic rings. The molecule has 17 heavy (non-hydrogen) atoms. The minimum atomic E-state index is -0.0813. The van der Waals surface area contributed by atoms with Gasteiger partial charge < -0.3 is 10.1 Å². The zero-order valence-corrected chi connectivity index (χ0v) is 10.8. The first-order valence-corrected chi connectivity index (χ1v) is 7.04. The Morgan fingerprint density at radius 2 is 1.82 bits per heavy atom. The van der Waals surface area contributed by atoms with Gasteiger partial charge in [0, 0.05) is 13.7 Å². The van der Waals surface area contributed by atoms with E-state index >= 15 is 0 Å². The van der Waals surface area contributed by atoms with Crippen molar-refractivity contribution in [2.24, 2.45) is 11.3 Å². The number of amides is 1. The molecule has 0 atom stereocenters. The zero-order chi connectivity index (χ0) is 11.9. The quantitative estimate of drug-likeness (QED) is 0.762. The Labute approximate surface area is 103 Å². The highest BCUT2D eigenvalue weighted by Gasteiger charge is 2.74. The number of nitrogens with one attached hydrogen (secondary N) is 1. The van der Waals surface area contributed by atoms with Crippen LogP contribution in [0.4, 0.5) is 0 Å². The molecule has 96 valence electrons. The van der Waals surface area contributed by atoms with Crippen molar-refractivity contribution in [3.63, 3.8) is 0 Å². The Hall–Kier alpha value is -0.570. The van der Waals surface area contributed by atoms with E-state index in [4.69, 9.17) is 4.74 Å². The molecule has 0 unspecified atom stereocenters. The summed E-state index contributed by atoms with van der Waals surface area (Å²) >= 11 is 0. The summed E-state index contributed by atoms with van der Waals surface area (Å²) in [5.41, 5.74) is 0.0156. The van der Waals surface area contributed by atoms with Crippen molar-refractivity contribution >= 4 is 5.91 Å². The van der Waals surface area contributed by atoms with Crippen LogP contribution in [0.15, 0.2) is 0 Å². The lowest BCUT2D eigenvalue weighted by Crippen LogP contribution is -2.45. The smallest absolute Gasteiger partial charge is 0.226 e. The molecule has 0 aliphatic heterocycles. The molecule has 3 aliphatic rings. The number of hydrogen-bond acceptors (Lipinski definition) is 2. The van der Waals surface area contributed by atoms with Crippen molar-refractivity contribution in [3.8, 4) is 0 Å². The van der Waals surface area contributed by atoms with Gasteiger partial charge in [-0.2, -0.15) is 0 Å².